The highest BCUT2D eigenvalue weighted by Crippen LogP contribution is 2.25. The Morgan fingerprint density at radius 3 is 2.58 bits per heavy atom. The molecule has 1 saturated heterocycles. The summed E-state index contributed by atoms with van der Waals surface area (Å²) in [5.74, 6) is -0.0672. The lowest BCUT2D eigenvalue weighted by Gasteiger charge is -2.41. The molecule has 1 aliphatic heterocycles. The van der Waals surface area contributed by atoms with Gasteiger partial charge in [-0.3, -0.25) is 9.69 Å². The molecule has 0 N–H and O–H groups in total. The molecule has 1 aliphatic carbocycles. The molecule has 0 unspecified atom stereocenters. The van der Waals surface area contributed by atoms with Crippen LogP contribution in [0.15, 0.2) is 28.9 Å². The van der Waals surface area contributed by atoms with Crippen LogP contribution in [0.3, 0.4) is 0 Å². The first-order chi connectivity index (χ1) is 11.7. The quantitative estimate of drug-likeness (QED) is 0.840. The van der Waals surface area contributed by atoms with Gasteiger partial charge in [0.05, 0.1) is 0 Å². The van der Waals surface area contributed by atoms with E-state index < -0.39 is 0 Å². The van der Waals surface area contributed by atoms with Crippen molar-refractivity contribution in [3.8, 4) is 0 Å². The molecule has 6 heteroatoms. The van der Waals surface area contributed by atoms with Crippen LogP contribution in [0.1, 0.15) is 33.7 Å². The van der Waals surface area contributed by atoms with Crippen molar-refractivity contribution in [3.63, 3.8) is 0 Å². The Hall–Kier alpha value is -2.21. The minimum atomic E-state index is -0.0672. The van der Waals surface area contributed by atoms with E-state index in [4.69, 9.17) is 0 Å². The van der Waals surface area contributed by atoms with Crippen LogP contribution in [0, 0.1) is 6.92 Å². The molecule has 2 aliphatic rings. The van der Waals surface area contributed by atoms with Gasteiger partial charge in [-0.05, 0) is 42.5 Å². The van der Waals surface area contributed by atoms with Crippen LogP contribution in [-0.2, 0) is 12.8 Å². The first-order valence-electron chi connectivity index (χ1n) is 8.61. The van der Waals surface area contributed by atoms with E-state index in [1.165, 1.54) is 17.5 Å². The molecular weight excluding hydrogens is 304 g/mol. The lowest BCUT2D eigenvalue weighted by Crippen LogP contribution is -2.53. The number of fused-ring (bicyclic) bond motifs is 1. The zero-order valence-corrected chi connectivity index (χ0v) is 13.9. The Balaban J connectivity index is 1.37. The Labute approximate surface area is 141 Å². The Morgan fingerprint density at radius 1 is 1.12 bits per heavy atom. The van der Waals surface area contributed by atoms with Gasteiger partial charge in [0.15, 0.2) is 5.69 Å². The van der Waals surface area contributed by atoms with E-state index >= 15 is 0 Å². The van der Waals surface area contributed by atoms with Gasteiger partial charge in [-0.15, -0.1) is 0 Å². The minimum Gasteiger partial charge on any atom is -0.335 e. The van der Waals surface area contributed by atoms with Crippen molar-refractivity contribution < 1.29 is 9.42 Å². The summed E-state index contributed by atoms with van der Waals surface area (Å²) < 4.78 is 4.65. The van der Waals surface area contributed by atoms with E-state index in [1.54, 1.807) is 6.92 Å². The predicted octanol–water partition coefficient (Wildman–Crippen LogP) is 1.69. The number of carbonyl (C=O) groups is 1. The van der Waals surface area contributed by atoms with Crippen molar-refractivity contribution in [2.45, 2.75) is 32.2 Å². The Kier molecular flexibility index (Phi) is 4.06. The fourth-order valence-corrected chi connectivity index (χ4v) is 3.86. The van der Waals surface area contributed by atoms with Crippen LogP contribution in [-0.4, -0.2) is 58.2 Å². The van der Waals surface area contributed by atoms with Crippen molar-refractivity contribution in [2.24, 2.45) is 0 Å². The lowest BCUT2D eigenvalue weighted by molar-refractivity contribution is 0.0543. The third-order valence-corrected chi connectivity index (χ3v) is 5.29. The number of nitrogens with zero attached hydrogens (tertiary/aromatic N) is 4. The van der Waals surface area contributed by atoms with Crippen LogP contribution in [0.5, 0.6) is 0 Å². The molecule has 24 heavy (non-hydrogen) atoms. The fraction of sp³-hybridized carbons (Fsp3) is 0.500. The summed E-state index contributed by atoms with van der Waals surface area (Å²) >= 11 is 0. The number of aromatic nitrogens is 2. The molecule has 1 amide bonds. The molecule has 2 aromatic rings. The second kappa shape index (κ2) is 6.36. The molecule has 2 heterocycles. The lowest BCUT2D eigenvalue weighted by atomic mass is 9.87. The molecule has 0 radical (unpaired) electrons. The van der Waals surface area contributed by atoms with Crippen molar-refractivity contribution in [1.82, 2.24) is 20.1 Å². The number of amides is 1. The average molecular weight is 326 g/mol. The van der Waals surface area contributed by atoms with Crippen molar-refractivity contribution in [3.05, 3.63) is 46.8 Å². The van der Waals surface area contributed by atoms with E-state index in [-0.39, 0.29) is 5.91 Å². The summed E-state index contributed by atoms with van der Waals surface area (Å²) in [6, 6.07) is 9.35. The number of hydrogen-bond donors (Lipinski definition) is 0. The molecule has 1 aromatic carbocycles. The van der Waals surface area contributed by atoms with Crippen LogP contribution in [0.2, 0.25) is 0 Å². The summed E-state index contributed by atoms with van der Waals surface area (Å²) in [5.41, 5.74) is 3.88. The maximum Gasteiger partial charge on any atom is 0.278 e. The van der Waals surface area contributed by atoms with E-state index in [2.05, 4.69) is 44.1 Å². The summed E-state index contributed by atoms with van der Waals surface area (Å²) in [5, 5.41) is 7.43. The van der Waals surface area contributed by atoms with E-state index in [1.807, 2.05) is 4.90 Å². The Bertz CT molecular complexity index is 734. The molecule has 0 saturated carbocycles. The van der Waals surface area contributed by atoms with Gasteiger partial charge >= 0.3 is 0 Å². The maximum absolute atomic E-state index is 12.5. The minimum absolute atomic E-state index is 0.0672. The highest BCUT2D eigenvalue weighted by atomic mass is 16.6. The highest BCUT2D eigenvalue weighted by molar-refractivity contribution is 5.93. The first-order valence-corrected chi connectivity index (χ1v) is 8.61. The Morgan fingerprint density at radius 2 is 1.88 bits per heavy atom. The first kappa shape index (κ1) is 15.3. The van der Waals surface area contributed by atoms with Crippen molar-refractivity contribution in [2.75, 3.05) is 26.2 Å². The van der Waals surface area contributed by atoms with E-state index in [0.29, 0.717) is 17.4 Å². The van der Waals surface area contributed by atoms with Gasteiger partial charge in [-0.2, -0.15) is 0 Å². The zero-order chi connectivity index (χ0) is 16.5. The largest absolute Gasteiger partial charge is 0.335 e. The highest BCUT2D eigenvalue weighted by Gasteiger charge is 2.30. The van der Waals surface area contributed by atoms with Gasteiger partial charge in [-0.1, -0.05) is 29.4 Å². The fourth-order valence-electron chi connectivity index (χ4n) is 3.86. The molecule has 4 rings (SSSR count). The molecule has 1 atom stereocenters. The smallest absolute Gasteiger partial charge is 0.278 e. The third kappa shape index (κ3) is 2.82. The van der Waals surface area contributed by atoms with Gasteiger partial charge in [0.25, 0.3) is 5.91 Å². The van der Waals surface area contributed by atoms with Gasteiger partial charge in [0.1, 0.15) is 5.69 Å². The van der Waals surface area contributed by atoms with Gasteiger partial charge < -0.3 is 4.90 Å². The van der Waals surface area contributed by atoms with Crippen LogP contribution in [0.25, 0.3) is 0 Å². The summed E-state index contributed by atoms with van der Waals surface area (Å²) in [4.78, 5) is 16.9. The van der Waals surface area contributed by atoms with Crippen LogP contribution < -0.4 is 0 Å². The predicted molar refractivity (Wildman–Crippen MR) is 88.8 cm³/mol. The van der Waals surface area contributed by atoms with Crippen LogP contribution in [0.4, 0.5) is 0 Å². The number of hydrogen-bond acceptors (Lipinski definition) is 5. The topological polar surface area (TPSA) is 62.5 Å². The number of rotatable bonds is 2. The average Bonchev–Trinajstić information content (AvgIpc) is 3.07. The molecule has 126 valence electrons. The van der Waals surface area contributed by atoms with Gasteiger partial charge in [0.2, 0.25) is 0 Å². The maximum atomic E-state index is 12.5. The third-order valence-electron chi connectivity index (χ3n) is 5.29. The number of benzene rings is 1. The second-order valence-corrected chi connectivity index (χ2v) is 6.69. The monoisotopic (exact) mass is 326 g/mol. The van der Waals surface area contributed by atoms with Gasteiger partial charge in [0, 0.05) is 32.2 Å². The normalized spacial score (nSPS) is 21.5. The zero-order valence-electron chi connectivity index (χ0n) is 13.9. The molecule has 0 bridgehead atoms. The summed E-state index contributed by atoms with van der Waals surface area (Å²) in [6.07, 6.45) is 3.48. The van der Waals surface area contributed by atoms with Crippen molar-refractivity contribution >= 4 is 5.91 Å². The second-order valence-electron chi connectivity index (χ2n) is 6.69. The van der Waals surface area contributed by atoms with Gasteiger partial charge in [-0.25, -0.2) is 4.63 Å². The SMILES string of the molecule is Cc1nonc1C(=O)N1CCN([C@H]2CCc3ccccc3C2)CC1. The summed E-state index contributed by atoms with van der Waals surface area (Å²) in [6.45, 7) is 5.07. The van der Waals surface area contributed by atoms with E-state index in [0.717, 1.165) is 39.0 Å². The number of carbonyl (C=O) groups excluding carboxylic acids is 1. The number of piperazine rings is 1. The molecule has 1 fully saturated rings. The molecule has 0 spiro atoms. The molecule has 6 nitrogen and oxygen atoms in total. The summed E-state index contributed by atoms with van der Waals surface area (Å²) in [7, 11) is 0. The number of aryl methyl sites for hydroxylation is 2. The van der Waals surface area contributed by atoms with E-state index in [9.17, 15) is 4.79 Å². The molecule has 1 aromatic heterocycles. The van der Waals surface area contributed by atoms with Crippen LogP contribution >= 0.6 is 0 Å². The van der Waals surface area contributed by atoms with Crippen molar-refractivity contribution in [1.29, 1.82) is 0 Å². The standard InChI is InChI=1S/C18H22N4O2/c1-13-17(20-24-19-13)18(23)22-10-8-21(9-11-22)16-7-6-14-4-2-3-5-15(14)12-16/h2-5,16H,6-12H2,1H3/t16-/m0/s1. The molecular formula is C18H22N4O2.